The van der Waals surface area contributed by atoms with Crippen molar-refractivity contribution in [3.8, 4) is 0 Å². The van der Waals surface area contributed by atoms with Gasteiger partial charge >= 0.3 is 5.97 Å². The Morgan fingerprint density at radius 3 is 2.09 bits per heavy atom. The van der Waals surface area contributed by atoms with Crippen LogP contribution in [0.5, 0.6) is 0 Å². The minimum atomic E-state index is -1.17. The zero-order valence-corrected chi connectivity index (χ0v) is 13.0. The van der Waals surface area contributed by atoms with Crippen molar-refractivity contribution in [2.75, 3.05) is 0 Å². The highest BCUT2D eigenvalue weighted by Gasteiger charge is 2.23. The molecule has 0 saturated heterocycles. The van der Waals surface area contributed by atoms with Crippen molar-refractivity contribution >= 4 is 17.5 Å². The molecule has 22 heavy (non-hydrogen) atoms. The van der Waals surface area contributed by atoms with Gasteiger partial charge in [-0.2, -0.15) is 0 Å². The van der Waals surface area contributed by atoms with E-state index in [0.717, 1.165) is 5.56 Å². The van der Waals surface area contributed by atoms with E-state index in [4.69, 9.17) is 0 Å². The van der Waals surface area contributed by atoms with Gasteiger partial charge in [-0.15, -0.1) is 0 Å². The Labute approximate surface area is 127 Å². The fourth-order valence-corrected chi connectivity index (χ4v) is 2.81. The molecule has 2 aromatic rings. The quantitative estimate of drug-likeness (QED) is 0.739. The fraction of sp³-hybridized carbons (Fsp3) is 0.312. The number of aromatic nitrogens is 2. The van der Waals surface area contributed by atoms with Crippen LogP contribution in [-0.2, 0) is 6.42 Å². The maximum absolute atomic E-state index is 11.7. The van der Waals surface area contributed by atoms with Crippen LogP contribution in [0.15, 0.2) is 6.20 Å². The van der Waals surface area contributed by atoms with Crippen molar-refractivity contribution in [3.63, 3.8) is 0 Å². The zero-order valence-electron chi connectivity index (χ0n) is 13.0. The van der Waals surface area contributed by atoms with Gasteiger partial charge in [-0.1, -0.05) is 0 Å². The van der Waals surface area contributed by atoms with E-state index in [1.807, 2.05) is 6.92 Å². The number of carboxylic acid groups (broad SMARTS) is 1. The van der Waals surface area contributed by atoms with Gasteiger partial charge in [0, 0.05) is 29.6 Å². The van der Waals surface area contributed by atoms with Gasteiger partial charge in [0.2, 0.25) is 0 Å². The van der Waals surface area contributed by atoms with E-state index in [-0.39, 0.29) is 22.8 Å². The number of carboxylic acids is 1. The second-order valence-corrected chi connectivity index (χ2v) is 5.40. The standard InChI is InChI=1S/C16H18N2O4/c1-7-6-17-12(13(7)9(3)19)5-11-8(2)14(10(4)20)15(18-11)16(21)22/h6,17-18H,5H2,1-4H3,(H,21,22). The lowest BCUT2D eigenvalue weighted by Crippen LogP contribution is -2.05. The maximum Gasteiger partial charge on any atom is 0.353 e. The Hall–Kier alpha value is -2.63. The molecule has 0 amide bonds. The molecule has 0 aliphatic rings. The number of aryl methyl sites for hydroxylation is 1. The normalized spacial score (nSPS) is 10.7. The van der Waals surface area contributed by atoms with E-state index in [1.54, 1.807) is 13.1 Å². The Morgan fingerprint density at radius 2 is 1.64 bits per heavy atom. The first-order valence-electron chi connectivity index (χ1n) is 6.87. The molecule has 6 nitrogen and oxygen atoms in total. The lowest BCUT2D eigenvalue weighted by Gasteiger charge is -2.03. The summed E-state index contributed by atoms with van der Waals surface area (Å²) in [6.45, 7) is 6.37. The van der Waals surface area contributed by atoms with E-state index in [1.165, 1.54) is 13.8 Å². The molecule has 0 aromatic carbocycles. The molecule has 0 spiro atoms. The summed E-state index contributed by atoms with van der Waals surface area (Å²) in [5.74, 6) is -1.52. The average Bonchev–Trinajstić information content (AvgIpc) is 2.91. The number of Topliss-reactive ketones (excluding diaryl/α,β-unsaturated/α-hetero) is 2. The van der Waals surface area contributed by atoms with Gasteiger partial charge in [0.15, 0.2) is 11.6 Å². The van der Waals surface area contributed by atoms with Crippen molar-refractivity contribution in [2.24, 2.45) is 0 Å². The molecule has 0 unspecified atom stereocenters. The summed E-state index contributed by atoms with van der Waals surface area (Å²) >= 11 is 0. The summed E-state index contributed by atoms with van der Waals surface area (Å²) in [5.41, 5.74) is 3.47. The van der Waals surface area contributed by atoms with Crippen molar-refractivity contribution < 1.29 is 19.5 Å². The highest BCUT2D eigenvalue weighted by atomic mass is 16.4. The first-order valence-corrected chi connectivity index (χ1v) is 6.87. The molecule has 2 heterocycles. The SMILES string of the molecule is CC(=O)c1c(C)c[nH]c1Cc1[nH]c(C(=O)O)c(C(C)=O)c1C. The molecule has 2 aromatic heterocycles. The van der Waals surface area contributed by atoms with E-state index in [0.29, 0.717) is 28.9 Å². The van der Waals surface area contributed by atoms with Crippen LogP contribution in [-0.4, -0.2) is 32.6 Å². The predicted octanol–water partition coefficient (Wildman–Crippen LogP) is 2.65. The van der Waals surface area contributed by atoms with Gasteiger partial charge in [-0.05, 0) is 38.8 Å². The number of aromatic carboxylic acids is 1. The van der Waals surface area contributed by atoms with Crippen molar-refractivity contribution in [2.45, 2.75) is 34.1 Å². The summed E-state index contributed by atoms with van der Waals surface area (Å²) in [4.78, 5) is 40.6. The molecule has 3 N–H and O–H groups in total. The Morgan fingerprint density at radius 1 is 1.05 bits per heavy atom. The summed E-state index contributed by atoms with van der Waals surface area (Å²) in [5, 5.41) is 9.22. The van der Waals surface area contributed by atoms with E-state index >= 15 is 0 Å². The van der Waals surface area contributed by atoms with Crippen molar-refractivity contribution in [1.82, 2.24) is 9.97 Å². The van der Waals surface area contributed by atoms with Crippen LogP contribution >= 0.6 is 0 Å². The van der Waals surface area contributed by atoms with E-state index < -0.39 is 5.97 Å². The molecule has 2 rings (SSSR count). The maximum atomic E-state index is 11.7. The molecule has 116 valence electrons. The number of aromatic amines is 2. The van der Waals surface area contributed by atoms with Gasteiger partial charge < -0.3 is 15.1 Å². The number of hydrogen-bond acceptors (Lipinski definition) is 3. The largest absolute Gasteiger partial charge is 0.477 e. The summed E-state index contributed by atoms with van der Waals surface area (Å²) in [7, 11) is 0. The summed E-state index contributed by atoms with van der Waals surface area (Å²) < 4.78 is 0. The molecule has 0 atom stereocenters. The van der Waals surface area contributed by atoms with Crippen LogP contribution in [0, 0.1) is 13.8 Å². The van der Waals surface area contributed by atoms with Gasteiger partial charge in [0.25, 0.3) is 0 Å². The first-order chi connectivity index (χ1) is 10.2. The van der Waals surface area contributed by atoms with Gasteiger partial charge in [0.05, 0.1) is 5.56 Å². The third-order valence-electron chi connectivity index (χ3n) is 3.78. The number of hydrogen-bond donors (Lipinski definition) is 3. The Balaban J connectivity index is 2.52. The molecular formula is C16H18N2O4. The van der Waals surface area contributed by atoms with Crippen LogP contribution in [0.4, 0.5) is 0 Å². The van der Waals surface area contributed by atoms with Crippen LogP contribution < -0.4 is 0 Å². The second kappa shape index (κ2) is 5.63. The molecule has 0 aliphatic carbocycles. The molecule has 0 bridgehead atoms. The number of carbonyl (C=O) groups is 3. The minimum absolute atomic E-state index is 0.0526. The van der Waals surface area contributed by atoms with Crippen LogP contribution in [0.25, 0.3) is 0 Å². The van der Waals surface area contributed by atoms with E-state index in [9.17, 15) is 19.5 Å². The minimum Gasteiger partial charge on any atom is -0.477 e. The number of nitrogens with one attached hydrogen (secondary N) is 2. The Kier molecular flexibility index (Phi) is 4.03. The van der Waals surface area contributed by atoms with Gasteiger partial charge in [0.1, 0.15) is 5.69 Å². The smallest absolute Gasteiger partial charge is 0.353 e. The van der Waals surface area contributed by atoms with Crippen LogP contribution in [0.2, 0.25) is 0 Å². The monoisotopic (exact) mass is 302 g/mol. The molecule has 0 aliphatic heterocycles. The molecule has 0 saturated carbocycles. The number of carbonyl (C=O) groups excluding carboxylic acids is 2. The number of rotatable bonds is 5. The lowest BCUT2D eigenvalue weighted by atomic mass is 10.0. The lowest BCUT2D eigenvalue weighted by molar-refractivity contribution is 0.0686. The zero-order chi connectivity index (χ0) is 16.6. The van der Waals surface area contributed by atoms with Gasteiger partial charge in [-0.3, -0.25) is 9.59 Å². The number of ketones is 2. The van der Waals surface area contributed by atoms with Crippen LogP contribution in [0.3, 0.4) is 0 Å². The van der Waals surface area contributed by atoms with Gasteiger partial charge in [-0.25, -0.2) is 4.79 Å². The molecule has 0 fully saturated rings. The fourth-order valence-electron chi connectivity index (χ4n) is 2.81. The molecule has 0 radical (unpaired) electrons. The molecular weight excluding hydrogens is 284 g/mol. The topological polar surface area (TPSA) is 103 Å². The average molecular weight is 302 g/mol. The third-order valence-corrected chi connectivity index (χ3v) is 3.78. The first kappa shape index (κ1) is 15.8. The van der Waals surface area contributed by atoms with E-state index in [2.05, 4.69) is 9.97 Å². The van der Waals surface area contributed by atoms with Crippen molar-refractivity contribution in [3.05, 3.63) is 45.5 Å². The summed E-state index contributed by atoms with van der Waals surface area (Å²) in [6, 6.07) is 0. The predicted molar refractivity (Wildman–Crippen MR) is 80.8 cm³/mol. The second-order valence-electron chi connectivity index (χ2n) is 5.40. The highest BCUT2D eigenvalue weighted by Crippen LogP contribution is 2.24. The summed E-state index contributed by atoms with van der Waals surface area (Å²) in [6.07, 6.45) is 2.08. The van der Waals surface area contributed by atoms with Crippen molar-refractivity contribution in [1.29, 1.82) is 0 Å². The molecule has 6 heteroatoms. The van der Waals surface area contributed by atoms with Crippen LogP contribution in [0.1, 0.15) is 67.6 Å². The Bertz CT molecular complexity index is 780. The number of H-pyrrole nitrogens is 2. The third kappa shape index (κ3) is 2.59. The highest BCUT2D eigenvalue weighted by molar-refractivity contribution is 6.05.